The molecule has 3 heteroatoms. The molecule has 1 fully saturated rings. The van der Waals surface area contributed by atoms with Gasteiger partial charge in [0.05, 0.1) is 0 Å². The molecule has 1 aromatic rings. The molecule has 0 aliphatic heterocycles. The third-order valence-corrected chi connectivity index (χ3v) is 4.01. The van der Waals surface area contributed by atoms with E-state index in [0.29, 0.717) is 11.2 Å². The van der Waals surface area contributed by atoms with Gasteiger partial charge in [0.2, 0.25) is 0 Å². The summed E-state index contributed by atoms with van der Waals surface area (Å²) in [7, 11) is 0. The van der Waals surface area contributed by atoms with Gasteiger partial charge in [-0.2, -0.15) is 12.6 Å². The average Bonchev–Trinajstić information content (AvgIpc) is 2.17. The molecule has 0 nitrogen and oxygen atoms in total. The minimum Gasteiger partial charge on any atom is -0.176 e. The highest BCUT2D eigenvalue weighted by atomic mass is 35.5. The second kappa shape index (κ2) is 4.99. The second-order valence-electron chi connectivity index (χ2n) is 4.21. The third kappa shape index (κ3) is 3.05. The molecule has 0 aromatic heterocycles. The van der Waals surface area contributed by atoms with E-state index in [1.165, 1.54) is 31.2 Å². The summed E-state index contributed by atoms with van der Waals surface area (Å²) in [5, 5.41) is 2.06. The molecule has 1 saturated carbocycles. The van der Waals surface area contributed by atoms with Gasteiger partial charge < -0.3 is 0 Å². The van der Waals surface area contributed by atoms with Crippen LogP contribution in [0.15, 0.2) is 18.2 Å². The van der Waals surface area contributed by atoms with E-state index in [9.17, 15) is 0 Å². The van der Waals surface area contributed by atoms with Crippen molar-refractivity contribution in [2.45, 2.75) is 36.9 Å². The van der Waals surface area contributed by atoms with Gasteiger partial charge in [-0.1, -0.05) is 23.2 Å². The molecule has 1 aromatic carbocycles. The summed E-state index contributed by atoms with van der Waals surface area (Å²) in [6.07, 6.45) is 4.78. The van der Waals surface area contributed by atoms with E-state index in [-0.39, 0.29) is 0 Å². The number of rotatable bonds is 1. The predicted octanol–water partition coefficient (Wildman–Crippen LogP) is 4.95. The molecular formula is C12H14Cl2S. The molecule has 0 unspecified atom stereocenters. The summed E-state index contributed by atoms with van der Waals surface area (Å²) in [5.41, 5.74) is 1.28. The van der Waals surface area contributed by atoms with E-state index in [1.807, 2.05) is 12.1 Å². The summed E-state index contributed by atoms with van der Waals surface area (Å²) >= 11 is 16.5. The Morgan fingerprint density at radius 2 is 1.47 bits per heavy atom. The summed E-state index contributed by atoms with van der Waals surface area (Å²) in [6.45, 7) is 0. The monoisotopic (exact) mass is 260 g/mol. The average molecular weight is 261 g/mol. The van der Waals surface area contributed by atoms with Crippen LogP contribution >= 0.6 is 35.8 Å². The Morgan fingerprint density at radius 3 is 2.00 bits per heavy atom. The largest absolute Gasteiger partial charge is 0.176 e. The highest BCUT2D eigenvalue weighted by Gasteiger charge is 2.20. The Hall–Kier alpha value is 0.150. The Bertz CT molecular complexity index is 323. The lowest BCUT2D eigenvalue weighted by Gasteiger charge is -2.26. The molecule has 1 aliphatic rings. The predicted molar refractivity (Wildman–Crippen MR) is 70.4 cm³/mol. The number of halogens is 2. The fraction of sp³-hybridized carbons (Fsp3) is 0.500. The van der Waals surface area contributed by atoms with Crippen molar-refractivity contribution in [1.29, 1.82) is 0 Å². The Labute approximate surface area is 106 Å². The summed E-state index contributed by atoms with van der Waals surface area (Å²) in [6, 6.07) is 5.87. The first-order valence-electron chi connectivity index (χ1n) is 5.29. The van der Waals surface area contributed by atoms with Crippen LogP contribution in [-0.2, 0) is 0 Å². The number of benzene rings is 1. The fourth-order valence-electron chi connectivity index (χ4n) is 2.22. The van der Waals surface area contributed by atoms with Gasteiger partial charge in [-0.15, -0.1) is 0 Å². The quantitative estimate of drug-likeness (QED) is 0.679. The maximum Gasteiger partial charge on any atom is 0.0423 e. The highest BCUT2D eigenvalue weighted by molar-refractivity contribution is 7.80. The van der Waals surface area contributed by atoms with E-state index < -0.39 is 0 Å². The first-order valence-corrected chi connectivity index (χ1v) is 6.56. The second-order valence-corrected chi connectivity index (χ2v) is 5.81. The third-order valence-electron chi connectivity index (χ3n) is 3.05. The lowest BCUT2D eigenvalue weighted by molar-refractivity contribution is 0.455. The van der Waals surface area contributed by atoms with E-state index >= 15 is 0 Å². The lowest BCUT2D eigenvalue weighted by atomic mass is 9.84. The van der Waals surface area contributed by atoms with Gasteiger partial charge in [-0.05, 0) is 55.4 Å². The zero-order valence-corrected chi connectivity index (χ0v) is 10.8. The van der Waals surface area contributed by atoms with Crippen LogP contribution in [0.2, 0.25) is 10.0 Å². The van der Waals surface area contributed by atoms with Crippen molar-refractivity contribution in [2.75, 3.05) is 0 Å². The lowest BCUT2D eigenvalue weighted by Crippen LogP contribution is -2.12. The topological polar surface area (TPSA) is 0 Å². The van der Waals surface area contributed by atoms with Crippen molar-refractivity contribution in [2.24, 2.45) is 0 Å². The van der Waals surface area contributed by atoms with Crippen molar-refractivity contribution >= 4 is 35.8 Å². The number of thiol groups is 1. The van der Waals surface area contributed by atoms with Gasteiger partial charge in [0, 0.05) is 15.3 Å². The number of hydrogen-bond acceptors (Lipinski definition) is 1. The van der Waals surface area contributed by atoms with Crippen molar-refractivity contribution in [3.05, 3.63) is 33.8 Å². The zero-order valence-electron chi connectivity index (χ0n) is 8.42. The molecule has 0 bridgehead atoms. The molecule has 0 spiro atoms. The smallest absolute Gasteiger partial charge is 0.0423 e. The van der Waals surface area contributed by atoms with Gasteiger partial charge in [0.15, 0.2) is 0 Å². The zero-order chi connectivity index (χ0) is 10.8. The number of hydrogen-bond donors (Lipinski definition) is 1. The molecule has 15 heavy (non-hydrogen) atoms. The van der Waals surface area contributed by atoms with Crippen LogP contribution in [0, 0.1) is 0 Å². The van der Waals surface area contributed by atoms with Crippen LogP contribution in [0.1, 0.15) is 37.2 Å². The van der Waals surface area contributed by atoms with Crippen molar-refractivity contribution < 1.29 is 0 Å². The Balaban J connectivity index is 2.15. The molecule has 0 amide bonds. The van der Waals surface area contributed by atoms with Crippen LogP contribution in [0.5, 0.6) is 0 Å². The summed E-state index contributed by atoms with van der Waals surface area (Å²) in [4.78, 5) is 0. The SMILES string of the molecule is SC1CCC(c2cc(Cl)cc(Cl)c2)CC1. The first kappa shape index (κ1) is 11.6. The first-order chi connectivity index (χ1) is 7.15. The van der Waals surface area contributed by atoms with E-state index in [4.69, 9.17) is 23.2 Å². The van der Waals surface area contributed by atoms with E-state index in [1.54, 1.807) is 6.07 Å². The van der Waals surface area contributed by atoms with E-state index in [0.717, 1.165) is 10.0 Å². The molecular weight excluding hydrogens is 247 g/mol. The molecule has 1 aliphatic carbocycles. The molecule has 2 rings (SSSR count). The van der Waals surface area contributed by atoms with Crippen LogP contribution in [0.3, 0.4) is 0 Å². The molecule has 82 valence electrons. The molecule has 0 saturated heterocycles. The molecule has 0 radical (unpaired) electrons. The van der Waals surface area contributed by atoms with Gasteiger partial charge in [-0.3, -0.25) is 0 Å². The molecule has 0 N–H and O–H groups in total. The fourth-order valence-corrected chi connectivity index (χ4v) is 3.06. The van der Waals surface area contributed by atoms with Gasteiger partial charge in [0.1, 0.15) is 0 Å². The van der Waals surface area contributed by atoms with Crippen molar-refractivity contribution in [3.63, 3.8) is 0 Å². The summed E-state index contributed by atoms with van der Waals surface area (Å²) < 4.78 is 0. The normalized spacial score (nSPS) is 26.6. The van der Waals surface area contributed by atoms with Crippen LogP contribution < -0.4 is 0 Å². The van der Waals surface area contributed by atoms with Gasteiger partial charge >= 0.3 is 0 Å². The minimum absolute atomic E-state index is 0.580. The Morgan fingerprint density at radius 1 is 0.933 bits per heavy atom. The van der Waals surface area contributed by atoms with Crippen LogP contribution in [0.25, 0.3) is 0 Å². The van der Waals surface area contributed by atoms with Gasteiger partial charge in [-0.25, -0.2) is 0 Å². The standard InChI is InChI=1S/C12H14Cl2S/c13-10-5-9(6-11(14)7-10)8-1-3-12(15)4-2-8/h5-8,12,15H,1-4H2. The van der Waals surface area contributed by atoms with Gasteiger partial charge in [0.25, 0.3) is 0 Å². The molecule has 0 heterocycles. The maximum atomic E-state index is 6.00. The van der Waals surface area contributed by atoms with Crippen LogP contribution in [-0.4, -0.2) is 5.25 Å². The van der Waals surface area contributed by atoms with Crippen molar-refractivity contribution in [1.82, 2.24) is 0 Å². The van der Waals surface area contributed by atoms with E-state index in [2.05, 4.69) is 12.6 Å². The highest BCUT2D eigenvalue weighted by Crippen LogP contribution is 2.36. The van der Waals surface area contributed by atoms with Crippen LogP contribution in [0.4, 0.5) is 0 Å². The molecule has 0 atom stereocenters. The minimum atomic E-state index is 0.580. The van der Waals surface area contributed by atoms with Crippen molar-refractivity contribution in [3.8, 4) is 0 Å². The summed E-state index contributed by atoms with van der Waals surface area (Å²) in [5.74, 6) is 0.615. The Kier molecular flexibility index (Phi) is 3.87. The maximum absolute atomic E-state index is 6.00.